The van der Waals surface area contributed by atoms with Gasteiger partial charge in [-0.15, -0.1) is 16.4 Å². The number of methoxy groups -OCH3 is 1. The van der Waals surface area contributed by atoms with E-state index in [1.807, 2.05) is 24.0 Å². The number of hydrogen-bond donors (Lipinski definition) is 1. The van der Waals surface area contributed by atoms with Gasteiger partial charge in [-0.2, -0.15) is 18.3 Å². The standard InChI is InChI=1S/C27H31F3N8O3S/c1-17(15-41-16-20-13-37(35-34-20)21-8-9-36(14-21)26-31-10-18(2)42-26)33-23-11-32-38(25(39)24(23)27(28,29)30)12-19-4-6-22(40-3)7-5-19/h4-7,10-11,13,17,21,33H,8-9,12,14-16H2,1-3H3. The monoisotopic (exact) mass is 604 g/mol. The van der Waals surface area contributed by atoms with E-state index in [0.717, 1.165) is 40.4 Å². The molecule has 1 aromatic carbocycles. The highest BCUT2D eigenvalue weighted by Crippen LogP contribution is 2.32. The van der Waals surface area contributed by atoms with Crippen LogP contribution in [0.3, 0.4) is 0 Å². The van der Waals surface area contributed by atoms with E-state index in [-0.39, 0.29) is 25.8 Å². The van der Waals surface area contributed by atoms with Crippen molar-refractivity contribution in [2.24, 2.45) is 0 Å². The van der Waals surface area contributed by atoms with Gasteiger partial charge >= 0.3 is 6.18 Å². The number of ether oxygens (including phenoxy) is 2. The Labute approximate surface area is 243 Å². The number of nitrogens with one attached hydrogen (secondary N) is 1. The Morgan fingerprint density at radius 3 is 2.69 bits per heavy atom. The van der Waals surface area contributed by atoms with Gasteiger partial charge in [0.1, 0.15) is 17.0 Å². The van der Waals surface area contributed by atoms with Crippen LogP contribution < -0.4 is 20.5 Å². The number of benzene rings is 1. The van der Waals surface area contributed by atoms with Crippen LogP contribution in [0.2, 0.25) is 0 Å². The molecule has 0 radical (unpaired) electrons. The number of aromatic nitrogens is 6. The first kappa shape index (κ1) is 29.5. The molecular formula is C27H31F3N8O3S. The lowest BCUT2D eigenvalue weighted by atomic mass is 10.2. The highest BCUT2D eigenvalue weighted by Gasteiger charge is 2.38. The summed E-state index contributed by atoms with van der Waals surface area (Å²) in [6, 6.07) is 6.26. The van der Waals surface area contributed by atoms with Gasteiger partial charge < -0.3 is 19.7 Å². The molecule has 1 fully saturated rings. The van der Waals surface area contributed by atoms with Crippen LogP contribution in [0.1, 0.15) is 41.1 Å². The summed E-state index contributed by atoms with van der Waals surface area (Å²) >= 11 is 1.66. The van der Waals surface area contributed by atoms with Gasteiger partial charge in [0, 0.05) is 30.2 Å². The molecular weight excluding hydrogens is 573 g/mol. The molecule has 1 saturated heterocycles. The predicted octanol–water partition coefficient (Wildman–Crippen LogP) is 4.14. The summed E-state index contributed by atoms with van der Waals surface area (Å²) in [7, 11) is 1.51. The Morgan fingerprint density at radius 2 is 2.00 bits per heavy atom. The lowest BCUT2D eigenvalue weighted by Crippen LogP contribution is -2.34. The molecule has 4 aromatic rings. The maximum Gasteiger partial charge on any atom is 0.423 e. The second-order valence-electron chi connectivity index (χ2n) is 10.1. The quantitative estimate of drug-likeness (QED) is 0.270. The Balaban J connectivity index is 1.16. The number of thiazole rings is 1. The number of nitrogens with zero attached hydrogens (tertiary/aromatic N) is 7. The molecule has 5 rings (SSSR count). The van der Waals surface area contributed by atoms with Crippen molar-refractivity contribution >= 4 is 22.2 Å². The molecule has 1 aliphatic rings. The topological polar surface area (TPSA) is 112 Å². The molecule has 224 valence electrons. The molecule has 3 aromatic heterocycles. The summed E-state index contributed by atoms with van der Waals surface area (Å²) in [5.41, 5.74) is -1.72. The molecule has 4 heterocycles. The van der Waals surface area contributed by atoms with Crippen LogP contribution in [0.5, 0.6) is 5.75 Å². The zero-order valence-corrected chi connectivity index (χ0v) is 24.2. The zero-order chi connectivity index (χ0) is 29.9. The van der Waals surface area contributed by atoms with E-state index in [9.17, 15) is 18.0 Å². The lowest BCUT2D eigenvalue weighted by Gasteiger charge is -2.19. The largest absolute Gasteiger partial charge is 0.497 e. The normalized spacial score (nSPS) is 16.1. The van der Waals surface area contributed by atoms with Gasteiger partial charge in [-0.1, -0.05) is 17.3 Å². The first-order chi connectivity index (χ1) is 20.1. The van der Waals surface area contributed by atoms with Gasteiger partial charge in [-0.3, -0.25) is 4.79 Å². The summed E-state index contributed by atoms with van der Waals surface area (Å²) in [4.78, 5) is 20.7. The summed E-state index contributed by atoms with van der Waals surface area (Å²) < 4.78 is 55.3. The van der Waals surface area contributed by atoms with Crippen molar-refractivity contribution < 1.29 is 22.6 Å². The van der Waals surface area contributed by atoms with Crippen molar-refractivity contribution in [2.75, 3.05) is 37.0 Å². The SMILES string of the molecule is COc1ccc(Cn2ncc(NC(C)COCc3cn(C4CCN(c5ncc(C)s5)C4)nn3)c(C(F)(F)F)c2=O)cc1. The molecule has 0 aliphatic carbocycles. The second-order valence-corrected chi connectivity index (χ2v) is 11.3. The van der Waals surface area contributed by atoms with Crippen LogP contribution >= 0.6 is 11.3 Å². The van der Waals surface area contributed by atoms with Gasteiger partial charge in [-0.05, 0) is 38.0 Å². The van der Waals surface area contributed by atoms with Crippen molar-refractivity contribution in [1.82, 2.24) is 29.8 Å². The Bertz CT molecular complexity index is 1550. The fraction of sp³-hybridized carbons (Fsp3) is 0.444. The zero-order valence-electron chi connectivity index (χ0n) is 23.3. The van der Waals surface area contributed by atoms with E-state index in [0.29, 0.717) is 17.0 Å². The molecule has 2 unspecified atom stereocenters. The summed E-state index contributed by atoms with van der Waals surface area (Å²) in [6.07, 6.45) is 0.752. The van der Waals surface area contributed by atoms with E-state index in [2.05, 4.69) is 30.6 Å². The third kappa shape index (κ3) is 6.90. The average molecular weight is 605 g/mol. The van der Waals surface area contributed by atoms with Gasteiger partial charge in [0.15, 0.2) is 5.13 Å². The first-order valence-corrected chi connectivity index (χ1v) is 14.1. The van der Waals surface area contributed by atoms with Gasteiger partial charge in [0.2, 0.25) is 0 Å². The number of hydrogen-bond acceptors (Lipinski definition) is 10. The van der Waals surface area contributed by atoms with E-state index < -0.39 is 29.0 Å². The molecule has 0 spiro atoms. The van der Waals surface area contributed by atoms with Gasteiger partial charge in [0.05, 0.1) is 51.0 Å². The van der Waals surface area contributed by atoms with Crippen molar-refractivity contribution in [1.29, 1.82) is 0 Å². The van der Waals surface area contributed by atoms with Crippen molar-refractivity contribution in [2.45, 2.75) is 51.7 Å². The second kappa shape index (κ2) is 12.5. The Kier molecular flexibility index (Phi) is 8.77. The van der Waals surface area contributed by atoms with Crippen molar-refractivity contribution in [3.63, 3.8) is 0 Å². The number of anilines is 2. The minimum absolute atomic E-state index is 0.0691. The fourth-order valence-corrected chi connectivity index (χ4v) is 5.51. The molecule has 1 N–H and O–H groups in total. The molecule has 0 bridgehead atoms. The van der Waals surface area contributed by atoms with Crippen LogP contribution in [0.15, 0.2) is 47.7 Å². The highest BCUT2D eigenvalue weighted by atomic mass is 32.1. The van der Waals surface area contributed by atoms with E-state index >= 15 is 0 Å². The van der Waals surface area contributed by atoms with Crippen LogP contribution in [-0.2, 0) is 24.1 Å². The highest BCUT2D eigenvalue weighted by molar-refractivity contribution is 7.15. The first-order valence-electron chi connectivity index (χ1n) is 13.3. The summed E-state index contributed by atoms with van der Waals surface area (Å²) in [5, 5.41) is 16.1. The number of aryl methyl sites for hydroxylation is 1. The average Bonchev–Trinajstić information content (AvgIpc) is 3.71. The van der Waals surface area contributed by atoms with E-state index in [1.165, 1.54) is 7.11 Å². The van der Waals surface area contributed by atoms with E-state index in [1.54, 1.807) is 42.5 Å². The molecule has 0 amide bonds. The maximum atomic E-state index is 14.0. The van der Waals surface area contributed by atoms with E-state index in [4.69, 9.17) is 9.47 Å². The smallest absolute Gasteiger partial charge is 0.423 e. The molecule has 2 atom stereocenters. The minimum atomic E-state index is -4.88. The van der Waals surface area contributed by atoms with Crippen LogP contribution in [0.25, 0.3) is 0 Å². The Morgan fingerprint density at radius 1 is 1.21 bits per heavy atom. The third-order valence-corrected chi connectivity index (χ3v) is 7.79. The van der Waals surface area contributed by atoms with Crippen LogP contribution in [0.4, 0.5) is 24.0 Å². The lowest BCUT2D eigenvalue weighted by molar-refractivity contribution is -0.138. The van der Waals surface area contributed by atoms with Crippen molar-refractivity contribution in [3.05, 3.63) is 74.9 Å². The molecule has 15 heteroatoms. The molecule has 1 aliphatic heterocycles. The van der Waals surface area contributed by atoms with Gasteiger partial charge in [-0.25, -0.2) is 14.3 Å². The van der Waals surface area contributed by atoms with Gasteiger partial charge in [0.25, 0.3) is 5.56 Å². The maximum absolute atomic E-state index is 14.0. The number of halogens is 3. The minimum Gasteiger partial charge on any atom is -0.497 e. The fourth-order valence-electron chi connectivity index (χ4n) is 4.71. The van der Waals surface area contributed by atoms with Crippen LogP contribution in [0, 0.1) is 6.92 Å². The predicted molar refractivity (Wildman–Crippen MR) is 151 cm³/mol. The Hall–Kier alpha value is -3.98. The number of rotatable bonds is 11. The molecule has 11 nitrogen and oxygen atoms in total. The molecule has 0 saturated carbocycles. The third-order valence-electron chi connectivity index (χ3n) is 6.81. The number of alkyl halides is 3. The molecule has 42 heavy (non-hydrogen) atoms. The van der Waals surface area contributed by atoms with Crippen LogP contribution in [-0.4, -0.2) is 62.6 Å². The summed E-state index contributed by atoms with van der Waals surface area (Å²) in [5.74, 6) is 0.596. The summed E-state index contributed by atoms with van der Waals surface area (Å²) in [6.45, 7) is 5.45. The van der Waals surface area contributed by atoms with Crippen molar-refractivity contribution in [3.8, 4) is 5.75 Å².